The number of methoxy groups -OCH3 is 1. The number of pyridine rings is 1. The number of esters is 1. The van der Waals surface area contributed by atoms with Crippen molar-refractivity contribution < 1.29 is 41.0 Å². The van der Waals surface area contributed by atoms with Crippen molar-refractivity contribution in [3.8, 4) is 5.88 Å². The number of nitrogens with one attached hydrogen (secondary N) is 2. The summed E-state index contributed by atoms with van der Waals surface area (Å²) in [6.45, 7) is 0. The van der Waals surface area contributed by atoms with Gasteiger partial charge in [-0.25, -0.2) is 13.2 Å². The van der Waals surface area contributed by atoms with E-state index in [-0.39, 0.29) is 29.6 Å². The minimum absolute atomic E-state index is 0.00449. The number of hydrogen-bond acceptors (Lipinski definition) is 9. The van der Waals surface area contributed by atoms with E-state index in [4.69, 9.17) is 13.9 Å². The van der Waals surface area contributed by atoms with E-state index in [1.54, 1.807) is 0 Å². The Morgan fingerprint density at radius 3 is 2.39 bits per heavy atom. The van der Waals surface area contributed by atoms with Gasteiger partial charge >= 0.3 is 23.8 Å². The molecule has 1 amide bonds. The maximum absolute atomic E-state index is 14.4. The van der Waals surface area contributed by atoms with Gasteiger partial charge in [0.2, 0.25) is 11.8 Å². The summed E-state index contributed by atoms with van der Waals surface area (Å²) in [5.74, 6) is -6.95. The number of benzene rings is 1. The van der Waals surface area contributed by atoms with Crippen molar-refractivity contribution in [1.29, 1.82) is 0 Å². The number of carbonyl (C=O) groups is 2. The Hall–Kier alpha value is -4.23. The minimum atomic E-state index is -1.39. The molecule has 10 nitrogen and oxygen atoms in total. The SMILES string of the molecule is COC(=O)C1CCC(Oc2ccc(NC(=O)c3nnc(Nc4cc(F)c(F)cc4F)o3)c(F)n2)CC1. The number of anilines is 3. The summed E-state index contributed by atoms with van der Waals surface area (Å²) in [5, 5.41) is 11.3. The lowest BCUT2D eigenvalue weighted by molar-refractivity contribution is -0.147. The third-order valence-corrected chi connectivity index (χ3v) is 5.44. The lowest BCUT2D eigenvalue weighted by Crippen LogP contribution is -2.28. The van der Waals surface area contributed by atoms with Crippen molar-refractivity contribution in [3.05, 3.63) is 53.6 Å². The molecule has 0 atom stereocenters. The molecule has 14 heteroatoms. The number of halogens is 4. The molecular formula is C22H19F4N5O5. The zero-order valence-corrected chi connectivity index (χ0v) is 18.7. The average Bonchev–Trinajstić information content (AvgIpc) is 3.33. The highest BCUT2D eigenvalue weighted by Gasteiger charge is 2.28. The van der Waals surface area contributed by atoms with Gasteiger partial charge in [0.05, 0.1) is 24.4 Å². The zero-order valence-electron chi connectivity index (χ0n) is 18.7. The first-order valence-corrected chi connectivity index (χ1v) is 10.7. The molecule has 2 heterocycles. The van der Waals surface area contributed by atoms with Crippen LogP contribution >= 0.6 is 0 Å². The lowest BCUT2D eigenvalue weighted by atomic mass is 9.87. The molecule has 0 spiro atoms. The van der Waals surface area contributed by atoms with Crippen LogP contribution in [0.4, 0.5) is 35.0 Å². The van der Waals surface area contributed by atoms with E-state index in [9.17, 15) is 27.2 Å². The molecule has 1 aliphatic carbocycles. The van der Waals surface area contributed by atoms with Gasteiger partial charge in [-0.2, -0.15) is 9.37 Å². The molecule has 1 aromatic carbocycles. The fourth-order valence-electron chi connectivity index (χ4n) is 3.61. The Kier molecular flexibility index (Phi) is 7.31. The Morgan fingerprint density at radius 2 is 1.69 bits per heavy atom. The number of carbonyl (C=O) groups excluding carboxylic acids is 2. The van der Waals surface area contributed by atoms with Crippen LogP contribution in [0.2, 0.25) is 0 Å². The second-order valence-corrected chi connectivity index (χ2v) is 7.84. The summed E-state index contributed by atoms with van der Waals surface area (Å²) < 4.78 is 70.0. The van der Waals surface area contributed by atoms with Gasteiger partial charge in [-0.15, -0.1) is 5.10 Å². The monoisotopic (exact) mass is 509 g/mol. The van der Waals surface area contributed by atoms with Crippen LogP contribution in [0.3, 0.4) is 0 Å². The quantitative estimate of drug-likeness (QED) is 0.209. The van der Waals surface area contributed by atoms with E-state index >= 15 is 0 Å². The van der Waals surface area contributed by atoms with Crippen LogP contribution in [0.25, 0.3) is 0 Å². The third kappa shape index (κ3) is 5.70. The normalized spacial score (nSPS) is 17.4. The molecule has 3 aromatic rings. The highest BCUT2D eigenvalue weighted by molar-refractivity contribution is 6.00. The van der Waals surface area contributed by atoms with Crippen molar-refractivity contribution in [2.75, 3.05) is 17.7 Å². The first-order valence-electron chi connectivity index (χ1n) is 10.7. The first kappa shape index (κ1) is 24.9. The molecule has 36 heavy (non-hydrogen) atoms. The molecule has 2 aromatic heterocycles. The van der Waals surface area contributed by atoms with E-state index in [2.05, 4.69) is 25.8 Å². The van der Waals surface area contributed by atoms with Crippen molar-refractivity contribution in [1.82, 2.24) is 15.2 Å². The molecule has 2 N–H and O–H groups in total. The number of aromatic nitrogens is 3. The van der Waals surface area contributed by atoms with Crippen molar-refractivity contribution >= 4 is 29.3 Å². The highest BCUT2D eigenvalue weighted by Crippen LogP contribution is 2.29. The fourth-order valence-corrected chi connectivity index (χ4v) is 3.61. The van der Waals surface area contributed by atoms with Crippen LogP contribution in [-0.4, -0.2) is 40.3 Å². The van der Waals surface area contributed by atoms with Crippen LogP contribution in [-0.2, 0) is 9.53 Å². The van der Waals surface area contributed by atoms with Gasteiger partial charge in [-0.05, 0) is 31.7 Å². The Morgan fingerprint density at radius 1 is 0.972 bits per heavy atom. The number of hydrogen-bond donors (Lipinski definition) is 2. The molecular weight excluding hydrogens is 490 g/mol. The maximum atomic E-state index is 14.4. The van der Waals surface area contributed by atoms with E-state index in [1.165, 1.54) is 19.2 Å². The molecule has 0 unspecified atom stereocenters. The molecule has 0 aliphatic heterocycles. The lowest BCUT2D eigenvalue weighted by Gasteiger charge is -2.27. The molecule has 1 saturated carbocycles. The largest absolute Gasteiger partial charge is 0.474 e. The van der Waals surface area contributed by atoms with Crippen LogP contribution in [0, 0.1) is 29.3 Å². The average molecular weight is 509 g/mol. The van der Waals surface area contributed by atoms with E-state index in [0.29, 0.717) is 37.8 Å². The number of amides is 1. The van der Waals surface area contributed by atoms with Crippen LogP contribution in [0.15, 0.2) is 28.7 Å². The summed E-state index contributed by atoms with van der Waals surface area (Å²) in [6.07, 6.45) is 2.06. The van der Waals surface area contributed by atoms with E-state index in [1.807, 2.05) is 0 Å². The summed E-state index contributed by atoms with van der Waals surface area (Å²) in [5.41, 5.74) is -0.810. The van der Waals surface area contributed by atoms with Crippen LogP contribution < -0.4 is 15.4 Å². The molecule has 190 valence electrons. The highest BCUT2D eigenvalue weighted by atomic mass is 19.2. The topological polar surface area (TPSA) is 128 Å². The molecule has 0 bridgehead atoms. The van der Waals surface area contributed by atoms with Gasteiger partial charge in [0.15, 0.2) is 11.6 Å². The smallest absolute Gasteiger partial charge is 0.320 e. The van der Waals surface area contributed by atoms with Gasteiger partial charge in [-0.3, -0.25) is 9.59 Å². The molecule has 0 saturated heterocycles. The summed E-state index contributed by atoms with van der Waals surface area (Å²) in [7, 11) is 1.34. The predicted molar refractivity (Wildman–Crippen MR) is 114 cm³/mol. The predicted octanol–water partition coefficient (Wildman–Crippen LogP) is 4.13. The molecule has 1 fully saturated rings. The van der Waals surface area contributed by atoms with Gasteiger partial charge in [0.1, 0.15) is 11.9 Å². The third-order valence-electron chi connectivity index (χ3n) is 5.44. The van der Waals surface area contributed by atoms with Crippen molar-refractivity contribution in [3.63, 3.8) is 0 Å². The van der Waals surface area contributed by atoms with E-state index in [0.717, 1.165) is 0 Å². The summed E-state index contributed by atoms with van der Waals surface area (Å²) in [4.78, 5) is 27.6. The fraction of sp³-hybridized carbons (Fsp3) is 0.318. The van der Waals surface area contributed by atoms with Crippen molar-refractivity contribution in [2.24, 2.45) is 5.92 Å². The second kappa shape index (κ2) is 10.6. The van der Waals surface area contributed by atoms with Crippen LogP contribution in [0.5, 0.6) is 5.88 Å². The summed E-state index contributed by atoms with van der Waals surface area (Å²) >= 11 is 0. The molecule has 4 rings (SSSR count). The minimum Gasteiger partial charge on any atom is -0.474 e. The van der Waals surface area contributed by atoms with Crippen molar-refractivity contribution in [2.45, 2.75) is 31.8 Å². The molecule has 1 aliphatic rings. The first-order chi connectivity index (χ1) is 17.2. The Labute approximate surface area is 201 Å². The summed E-state index contributed by atoms with van der Waals surface area (Å²) in [6, 6.07) is 2.94. The van der Waals surface area contributed by atoms with Gasteiger partial charge in [0.25, 0.3) is 0 Å². The number of ether oxygens (including phenoxy) is 2. The standard InChI is InChI=1S/C22H19F4N5O5/c1-34-21(33)10-2-4-11(5-3-10)35-17-7-6-15(18(26)29-17)27-19(32)20-30-31-22(36-20)28-16-9-13(24)12(23)8-14(16)25/h6-11H,2-5H2,1H3,(H,27,32)(H,28,31). The van der Waals surface area contributed by atoms with E-state index < -0.39 is 46.9 Å². The van der Waals surface area contributed by atoms with Gasteiger partial charge in [-0.1, -0.05) is 5.10 Å². The number of rotatable bonds is 7. The number of nitrogens with zero attached hydrogens (tertiary/aromatic N) is 3. The van der Waals surface area contributed by atoms with Gasteiger partial charge < -0.3 is 24.5 Å². The Bertz CT molecular complexity index is 1280. The second-order valence-electron chi connectivity index (χ2n) is 7.84. The molecule has 0 radical (unpaired) electrons. The van der Waals surface area contributed by atoms with Gasteiger partial charge in [0, 0.05) is 18.2 Å². The maximum Gasteiger partial charge on any atom is 0.320 e. The zero-order chi connectivity index (χ0) is 25.8. The Balaban J connectivity index is 1.34. The van der Waals surface area contributed by atoms with Crippen LogP contribution in [0.1, 0.15) is 36.4 Å².